The number of nitrogens with zero attached hydrogens (tertiary/aromatic N) is 2. The molecule has 0 aliphatic rings. The first-order valence-electron chi connectivity index (χ1n) is 20.1. The number of aromatic nitrogens is 2. The van der Waals surface area contributed by atoms with Crippen LogP contribution in [0.3, 0.4) is 0 Å². The molecule has 0 N–H and O–H groups in total. The highest BCUT2D eigenvalue weighted by atomic mass is 16.3. The van der Waals surface area contributed by atoms with Crippen molar-refractivity contribution in [3.63, 3.8) is 0 Å². The quantitative estimate of drug-likeness (QED) is 0.158. The molecule has 0 aliphatic carbocycles. The van der Waals surface area contributed by atoms with Crippen LogP contribution in [0.15, 0.2) is 204 Å². The molecule has 0 bridgehead atoms. The van der Waals surface area contributed by atoms with Crippen molar-refractivity contribution in [1.82, 2.24) is 9.13 Å². The summed E-state index contributed by atoms with van der Waals surface area (Å²) in [5.41, 5.74) is 14.5. The van der Waals surface area contributed by atoms with Crippen molar-refractivity contribution in [2.75, 3.05) is 0 Å². The van der Waals surface area contributed by atoms with Crippen LogP contribution in [0.5, 0.6) is 0 Å². The molecule has 4 nitrogen and oxygen atoms in total. The molecular weight excluding hydrogens is 721 g/mol. The maximum atomic E-state index is 6.88. The Hall–Kier alpha value is -7.82. The van der Waals surface area contributed by atoms with Gasteiger partial charge in [0, 0.05) is 54.3 Å². The fourth-order valence-electron chi connectivity index (χ4n) is 9.37. The lowest BCUT2D eigenvalue weighted by atomic mass is 9.98. The summed E-state index contributed by atoms with van der Waals surface area (Å²) in [4.78, 5) is 0. The molecule has 0 fully saturated rings. The van der Waals surface area contributed by atoms with Crippen molar-refractivity contribution in [3.8, 4) is 22.5 Å². The number of para-hydroxylation sites is 5. The number of hydrogen-bond donors (Lipinski definition) is 0. The predicted octanol–water partition coefficient (Wildman–Crippen LogP) is 15.5. The fourth-order valence-corrected chi connectivity index (χ4v) is 9.37. The van der Waals surface area contributed by atoms with Crippen LogP contribution in [0, 0.1) is 0 Å². The van der Waals surface area contributed by atoms with E-state index in [2.05, 4.69) is 192 Å². The predicted molar refractivity (Wildman–Crippen MR) is 248 cm³/mol. The van der Waals surface area contributed by atoms with Crippen molar-refractivity contribution in [2.24, 2.45) is 0 Å². The minimum Gasteiger partial charge on any atom is -0.455 e. The number of fused-ring (bicyclic) bond motifs is 12. The van der Waals surface area contributed by atoms with Crippen LogP contribution in [-0.4, -0.2) is 9.13 Å². The second-order valence-corrected chi connectivity index (χ2v) is 15.2. The van der Waals surface area contributed by atoms with Crippen molar-refractivity contribution < 1.29 is 8.83 Å². The Labute approximate surface area is 339 Å². The van der Waals surface area contributed by atoms with E-state index < -0.39 is 0 Å². The number of hydrogen-bond acceptors (Lipinski definition) is 2. The number of benzene rings is 8. The summed E-state index contributed by atoms with van der Waals surface area (Å²) >= 11 is 0. The van der Waals surface area contributed by atoms with Crippen molar-refractivity contribution in [1.29, 1.82) is 0 Å². The van der Waals surface area contributed by atoms with E-state index in [0.717, 1.165) is 99.6 Å². The van der Waals surface area contributed by atoms with Crippen LogP contribution in [0.1, 0.15) is 12.5 Å². The van der Waals surface area contributed by atoms with E-state index in [9.17, 15) is 0 Å². The molecule has 0 amide bonds. The van der Waals surface area contributed by atoms with Crippen LogP contribution in [0.4, 0.5) is 0 Å². The van der Waals surface area contributed by atoms with Gasteiger partial charge in [0.2, 0.25) is 0 Å². The summed E-state index contributed by atoms with van der Waals surface area (Å²) in [6, 6.07) is 58.5. The summed E-state index contributed by atoms with van der Waals surface area (Å²) in [5.74, 6) is 0. The third kappa shape index (κ3) is 4.90. The van der Waals surface area contributed by atoms with Gasteiger partial charge in [0.25, 0.3) is 0 Å². The largest absolute Gasteiger partial charge is 0.455 e. The SMILES string of the molecule is C=C/C(=C\C=C/C)c1ccc2c(c1)c1cc(-c3cccc4c3oc3cc5c(cc34)oc3c(-n4c6ccccc6c6ccccc64)cccc35)ccc1n2-c1ccccc1. The zero-order chi connectivity index (χ0) is 39.2. The molecule has 4 aromatic heterocycles. The van der Waals surface area contributed by atoms with E-state index in [0.29, 0.717) is 0 Å². The third-order valence-corrected chi connectivity index (χ3v) is 12.0. The van der Waals surface area contributed by atoms with Gasteiger partial charge in [-0.25, -0.2) is 0 Å². The van der Waals surface area contributed by atoms with Gasteiger partial charge in [-0.1, -0.05) is 128 Å². The first-order valence-corrected chi connectivity index (χ1v) is 20.1. The van der Waals surface area contributed by atoms with E-state index in [1.54, 1.807) is 0 Å². The monoisotopic (exact) mass is 756 g/mol. The van der Waals surface area contributed by atoms with Crippen molar-refractivity contribution >= 4 is 93.1 Å². The van der Waals surface area contributed by atoms with Gasteiger partial charge < -0.3 is 18.0 Å². The smallest absolute Gasteiger partial charge is 0.159 e. The van der Waals surface area contributed by atoms with Gasteiger partial charge in [-0.15, -0.1) is 0 Å². The van der Waals surface area contributed by atoms with Gasteiger partial charge in [-0.2, -0.15) is 0 Å². The minimum absolute atomic E-state index is 0.834. The minimum atomic E-state index is 0.834. The molecule has 0 aliphatic heterocycles. The number of allylic oxidation sites excluding steroid dienone is 5. The summed E-state index contributed by atoms with van der Waals surface area (Å²) in [6.45, 7) is 6.15. The lowest BCUT2D eigenvalue weighted by molar-refractivity contribution is 0.663. The molecule has 4 heterocycles. The average molecular weight is 757 g/mol. The van der Waals surface area contributed by atoms with E-state index in [1.807, 2.05) is 19.1 Å². The van der Waals surface area contributed by atoms with Crippen molar-refractivity contribution in [2.45, 2.75) is 6.92 Å². The summed E-state index contributed by atoms with van der Waals surface area (Å²) in [5, 5.41) is 8.98. The van der Waals surface area contributed by atoms with Crippen LogP contribution in [0.2, 0.25) is 0 Å². The van der Waals surface area contributed by atoms with Gasteiger partial charge in [0.05, 0.1) is 27.8 Å². The van der Waals surface area contributed by atoms with Crippen LogP contribution < -0.4 is 0 Å². The molecular formula is C55H36N2O2. The first kappa shape index (κ1) is 33.3. The molecule has 0 radical (unpaired) electrons. The van der Waals surface area contributed by atoms with Gasteiger partial charge in [-0.3, -0.25) is 0 Å². The van der Waals surface area contributed by atoms with Gasteiger partial charge in [-0.05, 0) is 90.4 Å². The Kier molecular flexibility index (Phi) is 7.26. The van der Waals surface area contributed by atoms with E-state index in [4.69, 9.17) is 8.83 Å². The maximum Gasteiger partial charge on any atom is 0.159 e. The lowest BCUT2D eigenvalue weighted by Crippen LogP contribution is -1.93. The Morgan fingerprint density at radius 3 is 1.80 bits per heavy atom. The van der Waals surface area contributed by atoms with E-state index in [-0.39, 0.29) is 0 Å². The highest BCUT2D eigenvalue weighted by Crippen LogP contribution is 2.43. The zero-order valence-electron chi connectivity index (χ0n) is 32.3. The molecule has 0 spiro atoms. The van der Waals surface area contributed by atoms with E-state index in [1.165, 1.54) is 21.5 Å². The molecule has 12 rings (SSSR count). The third-order valence-electron chi connectivity index (χ3n) is 12.0. The second-order valence-electron chi connectivity index (χ2n) is 15.2. The van der Waals surface area contributed by atoms with Gasteiger partial charge in [0.1, 0.15) is 16.7 Å². The van der Waals surface area contributed by atoms with Gasteiger partial charge in [0.15, 0.2) is 5.58 Å². The summed E-state index contributed by atoms with van der Waals surface area (Å²) in [7, 11) is 0. The lowest BCUT2D eigenvalue weighted by Gasteiger charge is -2.08. The highest BCUT2D eigenvalue weighted by Gasteiger charge is 2.21. The molecule has 12 aromatic rings. The summed E-state index contributed by atoms with van der Waals surface area (Å²) < 4.78 is 18.4. The van der Waals surface area contributed by atoms with Crippen LogP contribution in [-0.2, 0) is 0 Å². The molecule has 8 aromatic carbocycles. The normalized spacial score (nSPS) is 12.6. The highest BCUT2D eigenvalue weighted by molar-refractivity contribution is 6.19. The molecule has 59 heavy (non-hydrogen) atoms. The standard InChI is InChI=1S/C55H36N2O2/c1-3-5-15-34(4-2)35-26-28-49-43(30-35)44-31-36(27-29-50(44)56(49)37-16-7-6-8-17-37)38-20-13-21-41-45-32-53-46(33-52(45)58-54(38)41)42-22-14-25-51(55(42)59-53)57-47-23-11-9-18-39(47)40-19-10-12-24-48(40)57/h3-33H,2H2,1H3/b5-3-,34-15+. The Morgan fingerprint density at radius 1 is 0.492 bits per heavy atom. The van der Waals surface area contributed by atoms with Crippen LogP contribution >= 0.6 is 0 Å². The number of rotatable bonds is 6. The number of furan rings is 2. The summed E-state index contributed by atoms with van der Waals surface area (Å²) in [6.07, 6.45) is 8.14. The molecule has 0 saturated carbocycles. The molecule has 0 saturated heterocycles. The van der Waals surface area contributed by atoms with Crippen LogP contribution in [0.25, 0.3) is 116 Å². The van der Waals surface area contributed by atoms with Crippen molar-refractivity contribution in [3.05, 3.63) is 200 Å². The average Bonchev–Trinajstić information content (AvgIpc) is 4.03. The zero-order valence-corrected chi connectivity index (χ0v) is 32.3. The Balaban J connectivity index is 1.04. The fraction of sp³-hybridized carbons (Fsp3) is 0.0182. The molecule has 278 valence electrons. The Morgan fingerprint density at radius 2 is 1.08 bits per heavy atom. The topological polar surface area (TPSA) is 36.1 Å². The second kappa shape index (κ2) is 12.9. The molecule has 4 heteroatoms. The first-order chi connectivity index (χ1) is 29.2. The Bertz CT molecular complexity index is 3700. The molecule has 0 atom stereocenters. The van der Waals surface area contributed by atoms with Gasteiger partial charge >= 0.3 is 0 Å². The maximum absolute atomic E-state index is 6.88. The van der Waals surface area contributed by atoms with E-state index >= 15 is 0 Å². The molecule has 0 unspecified atom stereocenters.